The van der Waals surface area contributed by atoms with E-state index in [0.717, 1.165) is 51.9 Å². The highest BCUT2D eigenvalue weighted by Crippen LogP contribution is 2.17. The van der Waals surface area contributed by atoms with Gasteiger partial charge in [-0.3, -0.25) is 0 Å². The van der Waals surface area contributed by atoms with Gasteiger partial charge in [0.05, 0.1) is 19.8 Å². The maximum absolute atomic E-state index is 5.43. The number of likely N-dealkylation sites (tertiary alicyclic amines) is 1. The Morgan fingerprint density at radius 2 is 1.74 bits per heavy atom. The molecule has 2 heterocycles. The molecule has 0 bridgehead atoms. The molecule has 2 aliphatic rings. The van der Waals surface area contributed by atoms with Gasteiger partial charge in [-0.05, 0) is 50.6 Å². The molecule has 0 atom stereocenters. The van der Waals surface area contributed by atoms with E-state index in [1.165, 1.54) is 43.6 Å². The predicted octanol–water partition coefficient (Wildman–Crippen LogP) is 2.06. The van der Waals surface area contributed by atoms with Crippen molar-refractivity contribution < 1.29 is 4.74 Å². The van der Waals surface area contributed by atoms with Crippen LogP contribution < -0.4 is 15.5 Å². The minimum absolute atomic E-state index is 0.697. The third-order valence-corrected chi connectivity index (χ3v) is 5.25. The Morgan fingerprint density at radius 3 is 2.44 bits per heavy atom. The lowest BCUT2D eigenvalue weighted by Gasteiger charge is -2.28. The van der Waals surface area contributed by atoms with Crippen LogP contribution in [0.1, 0.15) is 31.7 Å². The van der Waals surface area contributed by atoms with Crippen molar-refractivity contribution in [2.75, 3.05) is 63.9 Å². The van der Waals surface area contributed by atoms with Gasteiger partial charge in [0, 0.05) is 38.4 Å². The first-order chi connectivity index (χ1) is 13.3. The summed E-state index contributed by atoms with van der Waals surface area (Å²) in [6, 6.07) is 8.77. The summed E-state index contributed by atoms with van der Waals surface area (Å²) in [5.74, 6) is 0.909. The molecule has 0 amide bonds. The van der Waals surface area contributed by atoms with Crippen LogP contribution in [0, 0.1) is 0 Å². The summed E-state index contributed by atoms with van der Waals surface area (Å²) >= 11 is 0. The maximum atomic E-state index is 5.43. The highest BCUT2D eigenvalue weighted by Gasteiger charge is 2.11. The number of anilines is 1. The lowest BCUT2D eigenvalue weighted by atomic mass is 10.1. The molecular formula is C21H35N5O. The minimum Gasteiger partial charge on any atom is -0.378 e. The van der Waals surface area contributed by atoms with E-state index in [1.807, 2.05) is 0 Å². The van der Waals surface area contributed by atoms with Crippen molar-refractivity contribution in [3.63, 3.8) is 0 Å². The Morgan fingerprint density at radius 1 is 1.00 bits per heavy atom. The average molecular weight is 374 g/mol. The SMILES string of the molecule is CCNC(=NCc1ccc(N2CCOCC2)cc1)NCCN1CCCCC1. The summed E-state index contributed by atoms with van der Waals surface area (Å²) in [5, 5.41) is 6.83. The summed E-state index contributed by atoms with van der Waals surface area (Å²) in [4.78, 5) is 9.67. The number of piperidine rings is 1. The van der Waals surface area contributed by atoms with Crippen LogP contribution in [0.4, 0.5) is 5.69 Å². The summed E-state index contributed by atoms with van der Waals surface area (Å²) in [7, 11) is 0. The second-order valence-corrected chi connectivity index (χ2v) is 7.29. The first-order valence-corrected chi connectivity index (χ1v) is 10.5. The van der Waals surface area contributed by atoms with Crippen LogP contribution >= 0.6 is 0 Å². The number of hydrogen-bond donors (Lipinski definition) is 2. The zero-order valence-corrected chi connectivity index (χ0v) is 16.8. The molecule has 0 aromatic heterocycles. The Kier molecular flexibility index (Phi) is 8.24. The largest absolute Gasteiger partial charge is 0.378 e. The fraction of sp³-hybridized carbons (Fsp3) is 0.667. The molecule has 3 rings (SSSR count). The summed E-state index contributed by atoms with van der Waals surface area (Å²) < 4.78 is 5.43. The third-order valence-electron chi connectivity index (χ3n) is 5.25. The van der Waals surface area contributed by atoms with E-state index in [2.05, 4.69) is 51.6 Å². The molecule has 0 saturated carbocycles. The van der Waals surface area contributed by atoms with Gasteiger partial charge in [-0.15, -0.1) is 0 Å². The van der Waals surface area contributed by atoms with Crippen molar-refractivity contribution in [2.24, 2.45) is 4.99 Å². The van der Waals surface area contributed by atoms with Crippen LogP contribution in [0.25, 0.3) is 0 Å². The molecule has 6 nitrogen and oxygen atoms in total. The first kappa shape index (κ1) is 20.0. The number of morpholine rings is 1. The molecule has 6 heteroatoms. The van der Waals surface area contributed by atoms with Crippen LogP contribution in [-0.4, -0.2) is 69.9 Å². The molecule has 0 unspecified atom stereocenters. The first-order valence-electron chi connectivity index (χ1n) is 10.5. The van der Waals surface area contributed by atoms with E-state index in [0.29, 0.717) is 6.54 Å². The molecule has 2 aliphatic heterocycles. The second kappa shape index (κ2) is 11.1. The van der Waals surface area contributed by atoms with Gasteiger partial charge >= 0.3 is 0 Å². The highest BCUT2D eigenvalue weighted by atomic mass is 16.5. The van der Waals surface area contributed by atoms with Gasteiger partial charge < -0.3 is 25.2 Å². The lowest BCUT2D eigenvalue weighted by Crippen LogP contribution is -2.42. The monoisotopic (exact) mass is 373 g/mol. The van der Waals surface area contributed by atoms with Crippen molar-refractivity contribution in [2.45, 2.75) is 32.7 Å². The average Bonchev–Trinajstić information content (AvgIpc) is 2.74. The molecule has 27 heavy (non-hydrogen) atoms. The van der Waals surface area contributed by atoms with E-state index in [1.54, 1.807) is 0 Å². The second-order valence-electron chi connectivity index (χ2n) is 7.29. The van der Waals surface area contributed by atoms with E-state index in [9.17, 15) is 0 Å². The van der Waals surface area contributed by atoms with Crippen molar-refractivity contribution in [3.8, 4) is 0 Å². The standard InChI is InChI=1S/C21H35N5O/c1-2-22-21(23-10-13-25-11-4-3-5-12-25)24-18-19-6-8-20(9-7-19)26-14-16-27-17-15-26/h6-9H,2-5,10-18H2,1H3,(H2,22,23,24). The van der Waals surface area contributed by atoms with Gasteiger partial charge in [-0.2, -0.15) is 0 Å². The van der Waals surface area contributed by atoms with Crippen LogP contribution in [0.15, 0.2) is 29.3 Å². The smallest absolute Gasteiger partial charge is 0.191 e. The van der Waals surface area contributed by atoms with Gasteiger partial charge in [0.25, 0.3) is 0 Å². The van der Waals surface area contributed by atoms with E-state index in [4.69, 9.17) is 9.73 Å². The van der Waals surface area contributed by atoms with Crippen molar-refractivity contribution in [1.82, 2.24) is 15.5 Å². The van der Waals surface area contributed by atoms with Gasteiger partial charge in [0.2, 0.25) is 0 Å². The van der Waals surface area contributed by atoms with E-state index >= 15 is 0 Å². The van der Waals surface area contributed by atoms with Crippen LogP contribution in [-0.2, 0) is 11.3 Å². The number of rotatable bonds is 7. The Bertz CT molecular complexity index is 562. The number of aliphatic imine (C=N–C) groups is 1. The number of nitrogens with one attached hydrogen (secondary N) is 2. The molecule has 2 fully saturated rings. The normalized spacial score (nSPS) is 19.1. The number of hydrogen-bond acceptors (Lipinski definition) is 4. The number of nitrogens with zero attached hydrogens (tertiary/aromatic N) is 3. The van der Waals surface area contributed by atoms with Gasteiger partial charge in [0.15, 0.2) is 5.96 Å². The van der Waals surface area contributed by atoms with Gasteiger partial charge in [-0.1, -0.05) is 18.6 Å². The van der Waals surface area contributed by atoms with Crippen LogP contribution in [0.2, 0.25) is 0 Å². The minimum atomic E-state index is 0.697. The predicted molar refractivity (Wildman–Crippen MR) is 113 cm³/mol. The fourth-order valence-electron chi connectivity index (χ4n) is 3.66. The van der Waals surface area contributed by atoms with Crippen LogP contribution in [0.5, 0.6) is 0 Å². The molecule has 0 radical (unpaired) electrons. The molecule has 1 aromatic carbocycles. The highest BCUT2D eigenvalue weighted by molar-refractivity contribution is 5.79. The zero-order valence-electron chi connectivity index (χ0n) is 16.8. The molecule has 0 spiro atoms. The number of ether oxygens (including phenoxy) is 1. The van der Waals surface area contributed by atoms with Crippen molar-refractivity contribution in [1.29, 1.82) is 0 Å². The number of guanidine groups is 1. The summed E-state index contributed by atoms with van der Waals surface area (Å²) in [5.41, 5.74) is 2.51. The van der Waals surface area contributed by atoms with Gasteiger partial charge in [-0.25, -0.2) is 4.99 Å². The Balaban J connectivity index is 1.46. The molecule has 0 aliphatic carbocycles. The summed E-state index contributed by atoms with van der Waals surface area (Å²) in [6.07, 6.45) is 4.07. The van der Waals surface area contributed by atoms with Crippen molar-refractivity contribution in [3.05, 3.63) is 29.8 Å². The van der Waals surface area contributed by atoms with Gasteiger partial charge in [0.1, 0.15) is 0 Å². The topological polar surface area (TPSA) is 52.1 Å². The quantitative estimate of drug-likeness (QED) is 0.566. The molecular weight excluding hydrogens is 338 g/mol. The third kappa shape index (κ3) is 6.70. The van der Waals surface area contributed by atoms with Crippen LogP contribution in [0.3, 0.4) is 0 Å². The Hall–Kier alpha value is -1.79. The fourth-order valence-corrected chi connectivity index (χ4v) is 3.66. The zero-order chi connectivity index (χ0) is 18.7. The van der Waals surface area contributed by atoms with Crippen molar-refractivity contribution >= 4 is 11.6 Å². The number of benzene rings is 1. The van der Waals surface area contributed by atoms with E-state index < -0.39 is 0 Å². The maximum Gasteiger partial charge on any atom is 0.191 e. The molecule has 1 aromatic rings. The molecule has 2 saturated heterocycles. The lowest BCUT2D eigenvalue weighted by molar-refractivity contribution is 0.122. The van der Waals surface area contributed by atoms with E-state index in [-0.39, 0.29) is 0 Å². The molecule has 150 valence electrons. The summed E-state index contributed by atoms with van der Waals surface area (Å²) in [6.45, 7) is 11.8. The Labute approximate surface area is 164 Å². The molecule has 2 N–H and O–H groups in total.